The number of hydrogen-bond donors (Lipinski definition) is 1. The number of likely N-dealkylation sites (tertiary alicyclic amines) is 1. The lowest BCUT2D eigenvalue weighted by molar-refractivity contribution is -0.150. The standard InChI is InChI=1S/C14H23N3O2/c1-3-9-17-12(6-8-15-17)11-16-10-5-7-14(16,4-2)13(18)19/h6,8H,3-5,7,9-11H2,1-2H3,(H,18,19). The highest BCUT2D eigenvalue weighted by Crippen LogP contribution is 2.34. The molecule has 0 bridgehead atoms. The van der Waals surface area contributed by atoms with Crippen molar-refractivity contribution in [3.8, 4) is 0 Å². The summed E-state index contributed by atoms with van der Waals surface area (Å²) < 4.78 is 1.99. The summed E-state index contributed by atoms with van der Waals surface area (Å²) in [4.78, 5) is 13.7. The molecule has 5 heteroatoms. The topological polar surface area (TPSA) is 58.4 Å². The SMILES string of the molecule is CCCn1nccc1CN1CCCC1(CC)C(=O)O. The van der Waals surface area contributed by atoms with Crippen molar-refractivity contribution >= 4 is 5.97 Å². The van der Waals surface area contributed by atoms with E-state index in [1.807, 2.05) is 17.7 Å². The molecule has 106 valence electrons. The van der Waals surface area contributed by atoms with Crippen molar-refractivity contribution in [1.82, 2.24) is 14.7 Å². The van der Waals surface area contributed by atoms with Gasteiger partial charge in [-0.15, -0.1) is 0 Å². The lowest BCUT2D eigenvalue weighted by Crippen LogP contribution is -2.49. The number of hydrogen-bond acceptors (Lipinski definition) is 3. The average molecular weight is 265 g/mol. The molecular weight excluding hydrogens is 242 g/mol. The zero-order chi connectivity index (χ0) is 13.9. The highest BCUT2D eigenvalue weighted by atomic mass is 16.4. The fraction of sp³-hybridized carbons (Fsp3) is 0.714. The van der Waals surface area contributed by atoms with Gasteiger partial charge >= 0.3 is 5.97 Å². The van der Waals surface area contributed by atoms with Gasteiger partial charge in [0.05, 0.1) is 5.69 Å². The Bertz CT molecular complexity index is 444. The van der Waals surface area contributed by atoms with Gasteiger partial charge in [0.25, 0.3) is 0 Å². The Morgan fingerprint density at radius 2 is 2.32 bits per heavy atom. The molecule has 1 aromatic rings. The Morgan fingerprint density at radius 1 is 1.53 bits per heavy atom. The highest BCUT2D eigenvalue weighted by molar-refractivity contribution is 5.79. The number of carbonyl (C=O) groups is 1. The number of carboxylic acids is 1. The van der Waals surface area contributed by atoms with Crippen LogP contribution in [0.4, 0.5) is 0 Å². The van der Waals surface area contributed by atoms with E-state index in [2.05, 4.69) is 16.9 Å². The summed E-state index contributed by atoms with van der Waals surface area (Å²) in [5, 5.41) is 13.9. The van der Waals surface area contributed by atoms with Gasteiger partial charge in [0.2, 0.25) is 0 Å². The number of carboxylic acid groups (broad SMARTS) is 1. The summed E-state index contributed by atoms with van der Waals surface area (Å²) in [6, 6.07) is 2.00. The molecule has 1 N–H and O–H groups in total. The fourth-order valence-electron chi connectivity index (χ4n) is 3.06. The lowest BCUT2D eigenvalue weighted by atomic mass is 9.93. The maximum Gasteiger partial charge on any atom is 0.324 e. The Morgan fingerprint density at radius 3 is 2.95 bits per heavy atom. The molecule has 2 rings (SSSR count). The summed E-state index contributed by atoms with van der Waals surface area (Å²) in [7, 11) is 0. The number of aryl methyl sites for hydroxylation is 1. The molecule has 5 nitrogen and oxygen atoms in total. The van der Waals surface area contributed by atoms with Crippen LogP contribution in [0, 0.1) is 0 Å². The Labute approximate surface area is 114 Å². The van der Waals surface area contributed by atoms with Crippen LogP contribution in [0.2, 0.25) is 0 Å². The van der Waals surface area contributed by atoms with E-state index in [0.717, 1.165) is 38.0 Å². The first-order valence-electron chi connectivity index (χ1n) is 7.13. The van der Waals surface area contributed by atoms with Gasteiger partial charge in [-0.3, -0.25) is 14.4 Å². The minimum atomic E-state index is -0.686. The van der Waals surface area contributed by atoms with Gasteiger partial charge in [0.1, 0.15) is 5.54 Å². The van der Waals surface area contributed by atoms with Crippen molar-refractivity contribution in [2.45, 2.75) is 58.2 Å². The molecule has 19 heavy (non-hydrogen) atoms. The Hall–Kier alpha value is -1.36. The van der Waals surface area contributed by atoms with Crippen molar-refractivity contribution in [3.63, 3.8) is 0 Å². The lowest BCUT2D eigenvalue weighted by Gasteiger charge is -2.33. The van der Waals surface area contributed by atoms with Gasteiger partial charge in [-0.1, -0.05) is 13.8 Å². The van der Waals surface area contributed by atoms with Crippen LogP contribution in [0.15, 0.2) is 12.3 Å². The molecule has 0 aliphatic carbocycles. The van der Waals surface area contributed by atoms with Gasteiger partial charge in [0.15, 0.2) is 0 Å². The number of aliphatic carboxylic acids is 1. The van der Waals surface area contributed by atoms with Crippen LogP contribution < -0.4 is 0 Å². The molecule has 1 aromatic heterocycles. The maximum atomic E-state index is 11.6. The van der Waals surface area contributed by atoms with Crippen LogP contribution in [0.5, 0.6) is 0 Å². The molecule has 0 saturated carbocycles. The van der Waals surface area contributed by atoms with E-state index in [9.17, 15) is 9.90 Å². The minimum Gasteiger partial charge on any atom is -0.480 e. The molecular formula is C14H23N3O2. The average Bonchev–Trinajstić information content (AvgIpc) is 2.98. The Balaban J connectivity index is 2.17. The van der Waals surface area contributed by atoms with E-state index >= 15 is 0 Å². The quantitative estimate of drug-likeness (QED) is 0.856. The zero-order valence-electron chi connectivity index (χ0n) is 11.8. The van der Waals surface area contributed by atoms with Crippen LogP contribution in [-0.4, -0.2) is 37.8 Å². The molecule has 1 unspecified atom stereocenters. The number of aromatic nitrogens is 2. The molecule has 1 fully saturated rings. The van der Waals surface area contributed by atoms with Crippen molar-refractivity contribution in [2.24, 2.45) is 0 Å². The molecule has 1 atom stereocenters. The first-order valence-corrected chi connectivity index (χ1v) is 7.13. The third kappa shape index (κ3) is 2.52. The number of rotatable bonds is 6. The largest absolute Gasteiger partial charge is 0.480 e. The second-order valence-electron chi connectivity index (χ2n) is 5.26. The molecule has 1 aliphatic rings. The van der Waals surface area contributed by atoms with E-state index in [1.165, 1.54) is 0 Å². The fourth-order valence-corrected chi connectivity index (χ4v) is 3.06. The predicted molar refractivity (Wildman–Crippen MR) is 72.8 cm³/mol. The van der Waals surface area contributed by atoms with Crippen LogP contribution in [-0.2, 0) is 17.9 Å². The van der Waals surface area contributed by atoms with Crippen LogP contribution in [0.25, 0.3) is 0 Å². The normalized spacial score (nSPS) is 23.9. The highest BCUT2D eigenvalue weighted by Gasteiger charge is 2.46. The molecule has 2 heterocycles. The van der Waals surface area contributed by atoms with Crippen molar-refractivity contribution in [2.75, 3.05) is 6.54 Å². The second kappa shape index (κ2) is 5.74. The van der Waals surface area contributed by atoms with Gasteiger partial charge in [-0.2, -0.15) is 5.10 Å². The summed E-state index contributed by atoms with van der Waals surface area (Å²) in [5.41, 5.74) is 0.434. The smallest absolute Gasteiger partial charge is 0.324 e. The molecule has 0 aromatic carbocycles. The van der Waals surface area contributed by atoms with Crippen LogP contribution in [0.1, 0.15) is 45.2 Å². The third-order valence-electron chi connectivity index (χ3n) is 4.20. The van der Waals surface area contributed by atoms with E-state index in [-0.39, 0.29) is 0 Å². The molecule has 1 saturated heterocycles. The summed E-state index contributed by atoms with van der Waals surface area (Å²) in [6.07, 6.45) is 5.20. The minimum absolute atomic E-state index is 0.657. The van der Waals surface area contributed by atoms with Crippen molar-refractivity contribution < 1.29 is 9.90 Å². The molecule has 0 spiro atoms. The first-order chi connectivity index (χ1) is 9.14. The molecule has 0 amide bonds. The van der Waals surface area contributed by atoms with Crippen LogP contribution >= 0.6 is 0 Å². The van der Waals surface area contributed by atoms with Gasteiger partial charge < -0.3 is 5.11 Å². The van der Waals surface area contributed by atoms with Gasteiger partial charge in [-0.05, 0) is 38.3 Å². The maximum absolute atomic E-state index is 11.6. The molecule has 0 radical (unpaired) electrons. The summed E-state index contributed by atoms with van der Waals surface area (Å²) in [5.74, 6) is -0.686. The van der Waals surface area contributed by atoms with Crippen LogP contribution in [0.3, 0.4) is 0 Å². The van der Waals surface area contributed by atoms with E-state index in [1.54, 1.807) is 6.20 Å². The van der Waals surface area contributed by atoms with E-state index < -0.39 is 11.5 Å². The van der Waals surface area contributed by atoms with Crippen molar-refractivity contribution in [1.29, 1.82) is 0 Å². The van der Waals surface area contributed by atoms with E-state index in [4.69, 9.17) is 0 Å². The van der Waals surface area contributed by atoms with Gasteiger partial charge in [-0.25, -0.2) is 0 Å². The van der Waals surface area contributed by atoms with E-state index in [0.29, 0.717) is 13.0 Å². The third-order valence-corrected chi connectivity index (χ3v) is 4.20. The monoisotopic (exact) mass is 265 g/mol. The second-order valence-corrected chi connectivity index (χ2v) is 5.26. The Kier molecular flexibility index (Phi) is 4.24. The number of nitrogens with zero attached hydrogens (tertiary/aromatic N) is 3. The van der Waals surface area contributed by atoms with Gasteiger partial charge in [0, 0.05) is 19.3 Å². The molecule has 1 aliphatic heterocycles. The summed E-state index contributed by atoms with van der Waals surface area (Å²) >= 11 is 0. The predicted octanol–water partition coefficient (Wildman–Crippen LogP) is 2.12. The first kappa shape index (κ1) is 14.1. The summed E-state index contributed by atoms with van der Waals surface area (Å²) in [6.45, 7) is 6.52. The zero-order valence-corrected chi connectivity index (χ0v) is 11.8. The van der Waals surface area contributed by atoms with Crippen molar-refractivity contribution in [3.05, 3.63) is 18.0 Å².